The second-order valence-corrected chi connectivity index (χ2v) is 4.53. The number of aromatic nitrogens is 5. The van der Waals surface area contributed by atoms with E-state index in [4.69, 9.17) is 0 Å². The Morgan fingerprint density at radius 2 is 2.42 bits per heavy atom. The van der Waals surface area contributed by atoms with Crippen LogP contribution in [0, 0.1) is 0 Å². The van der Waals surface area contributed by atoms with Crippen LogP contribution in [0.25, 0.3) is 0 Å². The van der Waals surface area contributed by atoms with Gasteiger partial charge in [0.05, 0.1) is 18.8 Å². The lowest BCUT2D eigenvalue weighted by atomic mass is 10.2. The summed E-state index contributed by atoms with van der Waals surface area (Å²) >= 11 is 0. The first kappa shape index (κ1) is 11.8. The van der Waals surface area contributed by atoms with E-state index in [-0.39, 0.29) is 5.91 Å². The quantitative estimate of drug-likeness (QED) is 0.743. The molecular weight excluding hydrogens is 246 g/mol. The highest BCUT2D eigenvalue weighted by Crippen LogP contribution is 2.09. The maximum Gasteiger partial charge on any atom is 0.273 e. The number of rotatable bonds is 4. The van der Waals surface area contributed by atoms with E-state index < -0.39 is 0 Å². The molecule has 2 aromatic heterocycles. The van der Waals surface area contributed by atoms with Crippen molar-refractivity contribution in [3.8, 4) is 0 Å². The van der Waals surface area contributed by atoms with Gasteiger partial charge in [0.15, 0.2) is 5.69 Å². The lowest BCUT2D eigenvalue weighted by molar-refractivity contribution is 0.0944. The molecular formula is C11H15N7O. The highest BCUT2D eigenvalue weighted by molar-refractivity contribution is 5.91. The number of hydrogen-bond acceptors (Lipinski definition) is 5. The first-order valence-electron chi connectivity index (χ1n) is 6.11. The number of hydrogen-bond donors (Lipinski definition) is 2. The molecule has 8 nitrogen and oxygen atoms in total. The van der Waals surface area contributed by atoms with Crippen LogP contribution in [0.15, 0.2) is 18.6 Å². The Labute approximate surface area is 109 Å². The molecule has 0 radical (unpaired) electrons. The second-order valence-electron chi connectivity index (χ2n) is 4.53. The second kappa shape index (κ2) is 4.81. The smallest absolute Gasteiger partial charge is 0.273 e. The molecule has 1 aliphatic rings. The van der Waals surface area contributed by atoms with E-state index in [1.54, 1.807) is 17.1 Å². The van der Waals surface area contributed by atoms with Gasteiger partial charge in [-0.25, -0.2) is 9.67 Å². The van der Waals surface area contributed by atoms with Crippen molar-refractivity contribution in [3.05, 3.63) is 30.1 Å². The lowest BCUT2D eigenvalue weighted by Gasteiger charge is -2.26. The zero-order valence-corrected chi connectivity index (χ0v) is 10.6. The number of aryl methyl sites for hydroxylation is 1. The average molecular weight is 261 g/mol. The Balaban J connectivity index is 1.60. The number of amides is 1. The molecule has 0 aromatic carbocycles. The molecule has 2 aromatic rings. The van der Waals surface area contributed by atoms with Crippen LogP contribution in [0.2, 0.25) is 0 Å². The molecule has 2 N–H and O–H groups in total. The largest absolute Gasteiger partial charge is 0.343 e. The summed E-state index contributed by atoms with van der Waals surface area (Å²) in [5, 5.41) is 13.8. The molecule has 1 aliphatic heterocycles. The van der Waals surface area contributed by atoms with Gasteiger partial charge in [-0.15, -0.1) is 5.10 Å². The Morgan fingerprint density at radius 1 is 1.58 bits per heavy atom. The molecule has 1 fully saturated rings. The molecule has 0 bridgehead atoms. The van der Waals surface area contributed by atoms with Gasteiger partial charge >= 0.3 is 0 Å². The van der Waals surface area contributed by atoms with Crippen molar-refractivity contribution in [2.24, 2.45) is 7.05 Å². The van der Waals surface area contributed by atoms with Crippen molar-refractivity contribution < 1.29 is 4.79 Å². The number of nitrogens with one attached hydrogen (secondary N) is 2. The van der Waals surface area contributed by atoms with E-state index in [9.17, 15) is 4.79 Å². The zero-order valence-electron chi connectivity index (χ0n) is 10.6. The first-order chi connectivity index (χ1) is 9.24. The van der Waals surface area contributed by atoms with Crippen molar-refractivity contribution in [3.63, 3.8) is 0 Å². The minimum atomic E-state index is -0.235. The van der Waals surface area contributed by atoms with Crippen LogP contribution >= 0.6 is 0 Å². The van der Waals surface area contributed by atoms with Gasteiger partial charge in [-0.1, -0.05) is 5.21 Å². The van der Waals surface area contributed by atoms with Crippen molar-refractivity contribution >= 4 is 5.91 Å². The fourth-order valence-electron chi connectivity index (χ4n) is 1.84. The normalized spacial score (nSPS) is 15.2. The minimum Gasteiger partial charge on any atom is -0.343 e. The summed E-state index contributed by atoms with van der Waals surface area (Å²) in [7, 11) is 1.88. The fraction of sp³-hybridized carbons (Fsp3) is 0.455. The number of imidazole rings is 1. The third-order valence-electron chi connectivity index (χ3n) is 3.20. The summed E-state index contributed by atoms with van der Waals surface area (Å²) in [5.41, 5.74) is 0.334. The maximum atomic E-state index is 11.9. The predicted molar refractivity (Wildman–Crippen MR) is 66.3 cm³/mol. The molecule has 0 atom stereocenters. The van der Waals surface area contributed by atoms with Crippen LogP contribution in [-0.2, 0) is 13.6 Å². The number of carbonyl (C=O) groups is 1. The van der Waals surface area contributed by atoms with Gasteiger partial charge in [0.2, 0.25) is 0 Å². The first-order valence-corrected chi connectivity index (χ1v) is 6.11. The van der Waals surface area contributed by atoms with Crippen LogP contribution in [0.1, 0.15) is 22.4 Å². The zero-order chi connectivity index (χ0) is 13.2. The monoisotopic (exact) mass is 261 g/mol. The molecule has 19 heavy (non-hydrogen) atoms. The standard InChI is InChI=1S/C11H15N7O/c1-17-3-2-13-10(17)6-14-11(19)9-7-18(16-15-9)8-4-12-5-8/h2-3,7-8,12H,4-6H2,1H3,(H,14,19). The van der Waals surface area contributed by atoms with Crippen LogP contribution < -0.4 is 10.6 Å². The molecule has 3 heterocycles. The summed E-state index contributed by atoms with van der Waals surface area (Å²) in [6.45, 7) is 2.12. The van der Waals surface area contributed by atoms with E-state index in [1.165, 1.54) is 0 Å². The Morgan fingerprint density at radius 3 is 3.05 bits per heavy atom. The summed E-state index contributed by atoms with van der Waals surface area (Å²) in [6, 6.07) is 0.309. The van der Waals surface area contributed by atoms with E-state index in [2.05, 4.69) is 25.9 Å². The van der Waals surface area contributed by atoms with Crippen LogP contribution in [0.3, 0.4) is 0 Å². The van der Waals surface area contributed by atoms with Crippen molar-refractivity contribution in [2.45, 2.75) is 12.6 Å². The molecule has 0 aliphatic carbocycles. The topological polar surface area (TPSA) is 89.7 Å². The van der Waals surface area contributed by atoms with E-state index in [0.29, 0.717) is 18.3 Å². The van der Waals surface area contributed by atoms with Gasteiger partial charge in [0.1, 0.15) is 5.82 Å². The van der Waals surface area contributed by atoms with Crippen molar-refractivity contribution in [2.75, 3.05) is 13.1 Å². The SMILES string of the molecule is Cn1ccnc1CNC(=O)c1cn(C2CNC2)nn1. The third kappa shape index (κ3) is 2.34. The summed E-state index contributed by atoms with van der Waals surface area (Å²) < 4.78 is 3.59. The van der Waals surface area contributed by atoms with Gasteiger partial charge in [0.25, 0.3) is 5.91 Å². The highest BCUT2D eigenvalue weighted by atomic mass is 16.2. The summed E-state index contributed by atoms with van der Waals surface area (Å²) in [4.78, 5) is 16.0. The minimum absolute atomic E-state index is 0.235. The summed E-state index contributed by atoms with van der Waals surface area (Å²) in [5.74, 6) is 0.561. The average Bonchev–Trinajstić information content (AvgIpc) is 2.94. The Kier molecular flexibility index (Phi) is 3.00. The maximum absolute atomic E-state index is 11.9. The van der Waals surface area contributed by atoms with Crippen LogP contribution in [-0.4, -0.2) is 43.5 Å². The number of carbonyl (C=O) groups excluding carboxylic acids is 1. The lowest BCUT2D eigenvalue weighted by Crippen LogP contribution is -2.43. The Bertz CT molecular complexity index is 583. The predicted octanol–water partition coefficient (Wildman–Crippen LogP) is -0.914. The van der Waals surface area contributed by atoms with Gasteiger partial charge < -0.3 is 15.2 Å². The van der Waals surface area contributed by atoms with Gasteiger partial charge in [-0.05, 0) is 0 Å². The molecule has 8 heteroatoms. The summed E-state index contributed by atoms with van der Waals surface area (Å²) in [6.07, 6.45) is 5.21. The van der Waals surface area contributed by atoms with E-state index in [0.717, 1.165) is 18.9 Å². The fourth-order valence-corrected chi connectivity index (χ4v) is 1.84. The Hall–Kier alpha value is -2.22. The van der Waals surface area contributed by atoms with Crippen molar-refractivity contribution in [1.29, 1.82) is 0 Å². The molecule has 3 rings (SSSR count). The van der Waals surface area contributed by atoms with E-state index in [1.807, 2.05) is 17.8 Å². The van der Waals surface area contributed by atoms with Gasteiger partial charge in [-0.2, -0.15) is 0 Å². The van der Waals surface area contributed by atoms with Crippen LogP contribution in [0.5, 0.6) is 0 Å². The van der Waals surface area contributed by atoms with Gasteiger partial charge in [0, 0.05) is 32.5 Å². The molecule has 1 saturated heterocycles. The third-order valence-corrected chi connectivity index (χ3v) is 3.20. The van der Waals surface area contributed by atoms with Gasteiger partial charge in [-0.3, -0.25) is 4.79 Å². The van der Waals surface area contributed by atoms with Crippen molar-refractivity contribution in [1.82, 2.24) is 35.2 Å². The molecule has 100 valence electrons. The molecule has 0 unspecified atom stereocenters. The van der Waals surface area contributed by atoms with Crippen LogP contribution in [0.4, 0.5) is 0 Å². The number of nitrogens with zero attached hydrogens (tertiary/aromatic N) is 5. The molecule has 0 saturated carbocycles. The molecule has 1 amide bonds. The van der Waals surface area contributed by atoms with E-state index >= 15 is 0 Å². The molecule has 0 spiro atoms. The highest BCUT2D eigenvalue weighted by Gasteiger charge is 2.21.